The lowest BCUT2D eigenvalue weighted by Gasteiger charge is -2.35. The van der Waals surface area contributed by atoms with Crippen LogP contribution in [0.3, 0.4) is 0 Å². The summed E-state index contributed by atoms with van der Waals surface area (Å²) in [4.78, 5) is 26.8. The molecule has 2 rings (SSSR count). The van der Waals surface area contributed by atoms with Crippen molar-refractivity contribution in [3.05, 3.63) is 29.3 Å². The Morgan fingerprint density at radius 2 is 2.13 bits per heavy atom. The number of amides is 2. The van der Waals surface area contributed by atoms with Gasteiger partial charge in [0.05, 0.1) is 0 Å². The van der Waals surface area contributed by atoms with Crippen LogP contribution >= 0.6 is 0 Å². The van der Waals surface area contributed by atoms with E-state index < -0.39 is 5.54 Å². The molecule has 1 N–H and O–H groups in total. The van der Waals surface area contributed by atoms with Crippen molar-refractivity contribution < 1.29 is 14.3 Å². The van der Waals surface area contributed by atoms with E-state index in [4.69, 9.17) is 4.74 Å². The Bertz CT molecular complexity index is 600. The van der Waals surface area contributed by atoms with Crippen LogP contribution in [0.5, 0.6) is 0 Å². The lowest BCUT2D eigenvalue weighted by Crippen LogP contribution is -2.55. The molecule has 2 amide bonds. The average molecular weight is 318 g/mol. The van der Waals surface area contributed by atoms with Gasteiger partial charge >= 0.3 is 0 Å². The van der Waals surface area contributed by atoms with Crippen LogP contribution in [0, 0.1) is 13.8 Å². The summed E-state index contributed by atoms with van der Waals surface area (Å²) in [6, 6.07) is 5.95. The van der Waals surface area contributed by atoms with Crippen molar-refractivity contribution in [3.8, 4) is 0 Å². The molecular weight excluding hydrogens is 292 g/mol. The summed E-state index contributed by atoms with van der Waals surface area (Å²) in [6.07, 6.45) is 1.69. The van der Waals surface area contributed by atoms with E-state index in [1.54, 1.807) is 12.0 Å². The van der Waals surface area contributed by atoms with Crippen molar-refractivity contribution in [2.45, 2.75) is 45.6 Å². The van der Waals surface area contributed by atoms with Crippen molar-refractivity contribution in [1.82, 2.24) is 5.32 Å². The fraction of sp³-hybridized carbons (Fsp3) is 0.556. The summed E-state index contributed by atoms with van der Waals surface area (Å²) in [7, 11) is 1.64. The summed E-state index contributed by atoms with van der Waals surface area (Å²) >= 11 is 0. The van der Waals surface area contributed by atoms with Gasteiger partial charge in [-0.05, 0) is 45.2 Å². The van der Waals surface area contributed by atoms with Crippen LogP contribution < -0.4 is 10.2 Å². The first-order valence-corrected chi connectivity index (χ1v) is 8.07. The first-order valence-electron chi connectivity index (χ1n) is 8.07. The number of carbonyl (C=O) groups excluding carboxylic acids is 2. The Kier molecular flexibility index (Phi) is 5.42. The molecule has 1 aliphatic heterocycles. The molecule has 0 radical (unpaired) electrons. The number of anilines is 1. The largest absolute Gasteiger partial charge is 0.385 e. The molecule has 1 aromatic carbocycles. The maximum Gasteiger partial charge on any atom is 0.246 e. The highest BCUT2D eigenvalue weighted by Crippen LogP contribution is 2.37. The molecule has 0 bridgehead atoms. The summed E-state index contributed by atoms with van der Waals surface area (Å²) in [5, 5.41) is 2.94. The second kappa shape index (κ2) is 7.13. The molecule has 1 aliphatic rings. The van der Waals surface area contributed by atoms with Gasteiger partial charge in [-0.15, -0.1) is 0 Å². The Morgan fingerprint density at radius 3 is 2.78 bits per heavy atom. The Morgan fingerprint density at radius 1 is 1.39 bits per heavy atom. The molecule has 5 nitrogen and oxygen atoms in total. The molecular formula is C18H26N2O3. The number of aryl methyl sites for hydroxylation is 2. The third-order valence-corrected chi connectivity index (χ3v) is 4.46. The normalized spacial score (nSPS) is 20.9. The fourth-order valence-corrected chi connectivity index (χ4v) is 3.13. The highest BCUT2D eigenvalue weighted by molar-refractivity contribution is 6.06. The van der Waals surface area contributed by atoms with E-state index in [0.717, 1.165) is 23.2 Å². The zero-order valence-electron chi connectivity index (χ0n) is 14.4. The first-order chi connectivity index (χ1) is 10.9. The van der Waals surface area contributed by atoms with E-state index in [0.29, 0.717) is 26.0 Å². The number of methoxy groups -OCH3 is 1. The van der Waals surface area contributed by atoms with E-state index in [9.17, 15) is 9.59 Å². The molecule has 126 valence electrons. The van der Waals surface area contributed by atoms with Gasteiger partial charge in [0.1, 0.15) is 5.54 Å². The Hall–Kier alpha value is -1.88. The van der Waals surface area contributed by atoms with E-state index in [-0.39, 0.29) is 11.8 Å². The van der Waals surface area contributed by atoms with Crippen LogP contribution in [0.1, 0.15) is 37.3 Å². The third kappa shape index (κ3) is 3.55. The number of nitrogens with zero attached hydrogens (tertiary/aromatic N) is 1. The minimum atomic E-state index is -0.829. The van der Waals surface area contributed by atoms with Crippen LogP contribution in [-0.2, 0) is 14.3 Å². The van der Waals surface area contributed by atoms with E-state index in [2.05, 4.69) is 5.32 Å². The lowest BCUT2D eigenvalue weighted by molar-refractivity contribution is -0.127. The smallest absolute Gasteiger partial charge is 0.246 e. The number of carbonyl (C=O) groups is 2. The zero-order valence-corrected chi connectivity index (χ0v) is 14.4. The van der Waals surface area contributed by atoms with Crippen molar-refractivity contribution in [2.24, 2.45) is 0 Å². The molecule has 0 aromatic heterocycles. The van der Waals surface area contributed by atoms with Crippen molar-refractivity contribution in [1.29, 1.82) is 0 Å². The second-order valence-corrected chi connectivity index (χ2v) is 6.40. The minimum absolute atomic E-state index is 0.00601. The maximum absolute atomic E-state index is 12.7. The highest BCUT2D eigenvalue weighted by Gasteiger charge is 2.48. The Labute approximate surface area is 138 Å². The predicted octanol–water partition coefficient (Wildman–Crippen LogP) is 2.34. The summed E-state index contributed by atoms with van der Waals surface area (Å²) in [5.41, 5.74) is 2.15. The standard InChI is InChI=1S/C18H26N2O3/c1-13-6-7-15(14(2)12-13)20-16(21)8-9-18(20,3)17(22)19-10-5-11-23-4/h6-7,12H,5,8-11H2,1-4H3,(H,19,22)/t18-/m0/s1. The van der Waals surface area contributed by atoms with Gasteiger partial charge in [-0.2, -0.15) is 0 Å². The summed E-state index contributed by atoms with van der Waals surface area (Å²) in [6.45, 7) is 7.01. The Balaban J connectivity index is 2.22. The van der Waals surface area contributed by atoms with Gasteiger partial charge in [-0.1, -0.05) is 17.7 Å². The van der Waals surface area contributed by atoms with Crippen LogP contribution in [0.4, 0.5) is 5.69 Å². The summed E-state index contributed by atoms with van der Waals surface area (Å²) in [5.74, 6) is -0.0917. The SMILES string of the molecule is COCCCNC(=O)[C@]1(C)CCC(=O)N1c1ccc(C)cc1C. The molecule has 1 saturated heterocycles. The van der Waals surface area contributed by atoms with Crippen LogP contribution in [0.15, 0.2) is 18.2 Å². The fourth-order valence-electron chi connectivity index (χ4n) is 3.13. The van der Waals surface area contributed by atoms with Gasteiger partial charge in [0, 0.05) is 32.4 Å². The number of hydrogen-bond donors (Lipinski definition) is 1. The molecule has 0 aliphatic carbocycles. The topological polar surface area (TPSA) is 58.6 Å². The lowest BCUT2D eigenvalue weighted by atomic mass is 9.96. The number of nitrogens with one attached hydrogen (secondary N) is 1. The van der Waals surface area contributed by atoms with Crippen molar-refractivity contribution >= 4 is 17.5 Å². The van der Waals surface area contributed by atoms with Crippen molar-refractivity contribution in [3.63, 3.8) is 0 Å². The van der Waals surface area contributed by atoms with E-state index in [1.165, 1.54) is 0 Å². The molecule has 5 heteroatoms. The van der Waals surface area contributed by atoms with E-state index >= 15 is 0 Å². The first kappa shape index (κ1) is 17.5. The van der Waals surface area contributed by atoms with Gasteiger partial charge in [0.15, 0.2) is 0 Å². The number of hydrogen-bond acceptors (Lipinski definition) is 3. The molecule has 1 heterocycles. The van der Waals surface area contributed by atoms with Gasteiger partial charge in [-0.25, -0.2) is 0 Å². The molecule has 23 heavy (non-hydrogen) atoms. The van der Waals surface area contributed by atoms with Gasteiger partial charge in [0.25, 0.3) is 0 Å². The van der Waals surface area contributed by atoms with Crippen molar-refractivity contribution in [2.75, 3.05) is 25.2 Å². The number of benzene rings is 1. The average Bonchev–Trinajstić information content (AvgIpc) is 2.81. The highest BCUT2D eigenvalue weighted by atomic mass is 16.5. The van der Waals surface area contributed by atoms with Crippen LogP contribution in [0.2, 0.25) is 0 Å². The second-order valence-electron chi connectivity index (χ2n) is 6.40. The van der Waals surface area contributed by atoms with Crippen LogP contribution in [0.25, 0.3) is 0 Å². The monoisotopic (exact) mass is 318 g/mol. The number of ether oxygens (including phenoxy) is 1. The van der Waals surface area contributed by atoms with Gasteiger partial charge in [0.2, 0.25) is 11.8 Å². The van der Waals surface area contributed by atoms with Gasteiger partial charge < -0.3 is 10.1 Å². The minimum Gasteiger partial charge on any atom is -0.385 e. The van der Waals surface area contributed by atoms with E-state index in [1.807, 2.05) is 39.0 Å². The molecule has 1 aromatic rings. The molecule has 0 unspecified atom stereocenters. The molecule has 1 fully saturated rings. The van der Waals surface area contributed by atoms with Crippen LogP contribution in [-0.4, -0.2) is 37.6 Å². The zero-order chi connectivity index (χ0) is 17.0. The molecule has 0 spiro atoms. The quantitative estimate of drug-likeness (QED) is 0.819. The molecule has 0 saturated carbocycles. The molecule has 1 atom stereocenters. The number of rotatable bonds is 6. The van der Waals surface area contributed by atoms with Gasteiger partial charge in [-0.3, -0.25) is 14.5 Å². The maximum atomic E-state index is 12.7. The predicted molar refractivity (Wildman–Crippen MR) is 90.5 cm³/mol. The third-order valence-electron chi connectivity index (χ3n) is 4.46. The summed E-state index contributed by atoms with van der Waals surface area (Å²) < 4.78 is 4.99.